The van der Waals surface area contributed by atoms with E-state index in [1.807, 2.05) is 42.2 Å². The predicted molar refractivity (Wildman–Crippen MR) is 145 cm³/mol. The molecule has 6 rings (SSSR count). The zero-order valence-corrected chi connectivity index (χ0v) is 21.9. The van der Waals surface area contributed by atoms with Crippen LogP contribution in [0.1, 0.15) is 24.0 Å². The molecule has 3 aliphatic rings. The lowest BCUT2D eigenvalue weighted by Gasteiger charge is -2.38. The van der Waals surface area contributed by atoms with Crippen molar-refractivity contribution in [3.05, 3.63) is 53.9 Å². The summed E-state index contributed by atoms with van der Waals surface area (Å²) in [7, 11) is 1.65. The second-order valence-electron chi connectivity index (χ2n) is 9.88. The van der Waals surface area contributed by atoms with Crippen LogP contribution in [-0.2, 0) is 11.2 Å². The van der Waals surface area contributed by atoms with Crippen molar-refractivity contribution in [1.82, 2.24) is 14.9 Å². The molecule has 11 heteroatoms. The Bertz CT molecular complexity index is 1420. The summed E-state index contributed by atoms with van der Waals surface area (Å²) in [5, 5.41) is 5.90. The number of urea groups is 1. The molecule has 0 bridgehead atoms. The Labute approximate surface area is 226 Å². The smallest absolute Gasteiger partial charge is 0.322 e. The van der Waals surface area contributed by atoms with E-state index in [-0.39, 0.29) is 24.6 Å². The van der Waals surface area contributed by atoms with E-state index in [9.17, 15) is 9.59 Å². The molecule has 4 heterocycles. The first-order valence-corrected chi connectivity index (χ1v) is 13.0. The van der Waals surface area contributed by atoms with Gasteiger partial charge in [0.15, 0.2) is 6.61 Å². The number of aromatic nitrogens is 2. The number of methoxy groups -OCH3 is 1. The van der Waals surface area contributed by atoms with Gasteiger partial charge in [0.05, 0.1) is 12.8 Å². The fourth-order valence-electron chi connectivity index (χ4n) is 5.36. The Hall–Kier alpha value is -4.54. The first-order valence-electron chi connectivity index (χ1n) is 13.0. The Balaban J connectivity index is 1.09. The van der Waals surface area contributed by atoms with Gasteiger partial charge < -0.3 is 34.6 Å². The predicted octanol–water partition coefficient (Wildman–Crippen LogP) is 3.98. The van der Waals surface area contributed by atoms with Gasteiger partial charge in [-0.1, -0.05) is 0 Å². The average Bonchev–Trinajstić information content (AvgIpc) is 3.11. The standard InChI is InChI=1S/C28H30N6O5/c1-17-11-21(13-23-27(17)32-25(35)15-38-23)39-26-14-24(29-16-30-26)33-8-6-19(7-9-33)34-10-5-18-12-20(37-2)3-4-22(18)31-28(34)36/h3-4,11-14,16,19H,5-10,15H2,1-2H3,(H,31,36)(H,32,35). The highest BCUT2D eigenvalue weighted by Crippen LogP contribution is 2.37. The van der Waals surface area contributed by atoms with Crippen LogP contribution in [0.5, 0.6) is 23.1 Å². The van der Waals surface area contributed by atoms with E-state index in [2.05, 4.69) is 25.5 Å². The molecule has 0 radical (unpaired) electrons. The van der Waals surface area contributed by atoms with E-state index in [1.54, 1.807) is 13.2 Å². The molecule has 2 N–H and O–H groups in total. The maximum atomic E-state index is 13.0. The first kappa shape index (κ1) is 24.8. The van der Waals surface area contributed by atoms with Gasteiger partial charge in [-0.15, -0.1) is 0 Å². The van der Waals surface area contributed by atoms with Crippen LogP contribution in [-0.4, -0.2) is 66.2 Å². The van der Waals surface area contributed by atoms with Gasteiger partial charge in [-0.2, -0.15) is 0 Å². The molecule has 0 saturated carbocycles. The van der Waals surface area contributed by atoms with Crippen molar-refractivity contribution in [1.29, 1.82) is 0 Å². The van der Waals surface area contributed by atoms with Crippen LogP contribution in [0.15, 0.2) is 42.7 Å². The van der Waals surface area contributed by atoms with Gasteiger partial charge >= 0.3 is 6.03 Å². The molecule has 0 atom stereocenters. The average molecular weight is 531 g/mol. The van der Waals surface area contributed by atoms with Crippen molar-refractivity contribution < 1.29 is 23.8 Å². The molecular formula is C28H30N6O5. The number of aryl methyl sites for hydroxylation is 1. The number of hydrogen-bond acceptors (Lipinski definition) is 8. The fraction of sp³-hybridized carbons (Fsp3) is 0.357. The Morgan fingerprint density at radius 3 is 2.67 bits per heavy atom. The summed E-state index contributed by atoms with van der Waals surface area (Å²) in [5.74, 6) is 2.95. The number of ether oxygens (including phenoxy) is 3. The Morgan fingerprint density at radius 1 is 1.00 bits per heavy atom. The highest BCUT2D eigenvalue weighted by molar-refractivity contribution is 5.96. The number of hydrogen-bond donors (Lipinski definition) is 2. The van der Waals surface area contributed by atoms with Gasteiger partial charge in [0.2, 0.25) is 5.88 Å². The number of carbonyl (C=O) groups excluding carboxylic acids is 2. The molecule has 0 aliphatic carbocycles. The number of benzene rings is 2. The van der Waals surface area contributed by atoms with Crippen LogP contribution in [0.4, 0.5) is 22.0 Å². The number of nitrogens with zero attached hydrogens (tertiary/aromatic N) is 4. The third kappa shape index (κ3) is 5.12. The van der Waals surface area contributed by atoms with Crippen molar-refractivity contribution in [3.63, 3.8) is 0 Å². The number of amides is 3. The molecular weight excluding hydrogens is 500 g/mol. The Kier molecular flexibility index (Phi) is 6.55. The van der Waals surface area contributed by atoms with Crippen molar-refractivity contribution in [2.24, 2.45) is 0 Å². The topological polar surface area (TPSA) is 118 Å². The van der Waals surface area contributed by atoms with Gasteiger partial charge in [0, 0.05) is 43.5 Å². The number of anilines is 3. The lowest BCUT2D eigenvalue weighted by Crippen LogP contribution is -2.49. The Morgan fingerprint density at radius 2 is 1.85 bits per heavy atom. The number of piperidine rings is 1. The van der Waals surface area contributed by atoms with Crippen LogP contribution in [0.2, 0.25) is 0 Å². The molecule has 1 fully saturated rings. The molecule has 3 amide bonds. The molecule has 0 spiro atoms. The zero-order chi connectivity index (χ0) is 26.9. The summed E-state index contributed by atoms with van der Waals surface area (Å²) in [5.41, 5.74) is 3.43. The number of rotatable bonds is 5. The summed E-state index contributed by atoms with van der Waals surface area (Å²) < 4.78 is 16.9. The lowest BCUT2D eigenvalue weighted by atomic mass is 10.0. The van der Waals surface area contributed by atoms with Crippen molar-refractivity contribution >= 4 is 29.1 Å². The van der Waals surface area contributed by atoms with Crippen LogP contribution < -0.4 is 29.7 Å². The molecule has 3 aliphatic heterocycles. The van der Waals surface area contributed by atoms with Crippen LogP contribution in [0.25, 0.3) is 0 Å². The second kappa shape index (κ2) is 10.3. The summed E-state index contributed by atoms with van der Waals surface area (Å²) in [4.78, 5) is 37.6. The summed E-state index contributed by atoms with van der Waals surface area (Å²) in [6.07, 6.45) is 3.94. The van der Waals surface area contributed by atoms with Crippen LogP contribution >= 0.6 is 0 Å². The van der Waals surface area contributed by atoms with Crippen molar-refractivity contribution in [3.8, 4) is 23.1 Å². The third-order valence-corrected chi connectivity index (χ3v) is 7.41. The van der Waals surface area contributed by atoms with Crippen LogP contribution in [0, 0.1) is 6.92 Å². The molecule has 202 valence electrons. The van der Waals surface area contributed by atoms with Gasteiger partial charge in [-0.05, 0) is 61.6 Å². The minimum atomic E-state index is -0.175. The third-order valence-electron chi connectivity index (χ3n) is 7.41. The molecule has 39 heavy (non-hydrogen) atoms. The quantitative estimate of drug-likeness (QED) is 0.509. The van der Waals surface area contributed by atoms with Gasteiger partial charge in [0.1, 0.15) is 29.4 Å². The summed E-state index contributed by atoms with van der Waals surface area (Å²) in [6.45, 7) is 4.05. The number of nitrogens with one attached hydrogen (secondary N) is 2. The van der Waals surface area contributed by atoms with E-state index in [0.717, 1.165) is 60.7 Å². The molecule has 0 unspecified atom stereocenters. The van der Waals surface area contributed by atoms with E-state index in [0.29, 0.717) is 29.6 Å². The second-order valence-corrected chi connectivity index (χ2v) is 9.88. The maximum Gasteiger partial charge on any atom is 0.322 e. The monoisotopic (exact) mass is 530 g/mol. The lowest BCUT2D eigenvalue weighted by molar-refractivity contribution is -0.118. The molecule has 2 aromatic carbocycles. The maximum absolute atomic E-state index is 13.0. The minimum absolute atomic E-state index is 0.0235. The largest absolute Gasteiger partial charge is 0.497 e. The number of carbonyl (C=O) groups is 2. The van der Waals surface area contributed by atoms with Crippen molar-refractivity contribution in [2.75, 3.05) is 48.9 Å². The van der Waals surface area contributed by atoms with E-state index >= 15 is 0 Å². The van der Waals surface area contributed by atoms with Crippen LogP contribution in [0.3, 0.4) is 0 Å². The molecule has 3 aromatic rings. The highest BCUT2D eigenvalue weighted by atomic mass is 16.5. The molecule has 1 aromatic heterocycles. The van der Waals surface area contributed by atoms with E-state index in [1.165, 1.54) is 6.33 Å². The van der Waals surface area contributed by atoms with Crippen molar-refractivity contribution in [2.45, 2.75) is 32.2 Å². The zero-order valence-electron chi connectivity index (χ0n) is 21.9. The van der Waals surface area contributed by atoms with E-state index < -0.39 is 0 Å². The van der Waals surface area contributed by atoms with Gasteiger partial charge in [0.25, 0.3) is 5.91 Å². The summed E-state index contributed by atoms with van der Waals surface area (Å²) in [6, 6.07) is 11.3. The van der Waals surface area contributed by atoms with Gasteiger partial charge in [-0.25, -0.2) is 14.8 Å². The fourth-order valence-corrected chi connectivity index (χ4v) is 5.36. The highest BCUT2D eigenvalue weighted by Gasteiger charge is 2.31. The summed E-state index contributed by atoms with van der Waals surface area (Å²) >= 11 is 0. The SMILES string of the molecule is COc1ccc2c(c1)CCN(C1CCN(c3cc(Oc4cc(C)c5c(c4)OCC(=O)N5)ncn3)CC1)C(=O)N2. The van der Waals surface area contributed by atoms with Gasteiger partial charge in [-0.3, -0.25) is 4.79 Å². The molecule has 1 saturated heterocycles. The molecule has 11 nitrogen and oxygen atoms in total. The van der Waals surface area contributed by atoms with E-state index in [4.69, 9.17) is 14.2 Å². The number of fused-ring (bicyclic) bond motifs is 2. The minimum Gasteiger partial charge on any atom is -0.497 e. The normalized spacial score (nSPS) is 17.3. The first-order chi connectivity index (χ1) is 19.0.